The Bertz CT molecular complexity index is 301. The highest BCUT2D eigenvalue weighted by Crippen LogP contribution is 2.19. The lowest BCUT2D eigenvalue weighted by molar-refractivity contribution is -0.676. The molecule has 0 atom stereocenters. The van der Waals surface area contributed by atoms with E-state index in [0.29, 0.717) is 10.00 Å². The first-order valence-electron chi connectivity index (χ1n) is 3.55. The van der Waals surface area contributed by atoms with Gasteiger partial charge >= 0.3 is 0 Å². The van der Waals surface area contributed by atoms with E-state index in [1.165, 1.54) is 0 Å². The predicted octanol–water partition coefficient (Wildman–Crippen LogP) is 0.857. The Kier molecular flexibility index (Phi) is 1.46. The van der Waals surface area contributed by atoms with Crippen LogP contribution < -0.4 is 4.85 Å². The van der Waals surface area contributed by atoms with Gasteiger partial charge in [-0.2, -0.15) is 0 Å². The second-order valence-corrected chi connectivity index (χ2v) is 3.05. The maximum absolute atomic E-state index is 11.1. The van der Waals surface area contributed by atoms with Gasteiger partial charge in [0.2, 0.25) is 5.69 Å². The predicted molar refractivity (Wildman–Crippen MR) is 40.2 cm³/mol. The number of rotatable bonds is 0. The normalized spacial score (nSPS) is 15.0. The molecule has 0 radical (unpaired) electrons. The summed E-state index contributed by atoms with van der Waals surface area (Å²) in [6, 6.07) is 1.78. The molecule has 0 spiro atoms. The van der Waals surface area contributed by atoms with Crippen molar-refractivity contribution >= 4 is 11.6 Å². The van der Waals surface area contributed by atoms with Crippen molar-refractivity contribution in [2.75, 3.05) is 0 Å². The zero-order valence-electron chi connectivity index (χ0n) is 5.88. The van der Waals surface area contributed by atoms with E-state index >= 15 is 0 Å². The first-order valence-corrected chi connectivity index (χ1v) is 3.93. The Morgan fingerprint density at radius 1 is 1.55 bits per heavy atom. The average Bonchev–Trinajstić information content (AvgIpc) is 2.34. The largest absolute Gasteiger partial charge is 0.594 e. The van der Waals surface area contributed by atoms with Gasteiger partial charge in [0.15, 0.2) is 5.15 Å². The molecule has 1 aromatic rings. The van der Waals surface area contributed by atoms with Crippen LogP contribution in [0.2, 0.25) is 5.15 Å². The number of aryl methyl sites for hydroxylation is 1. The molecule has 3 nitrogen and oxygen atoms in total. The molecule has 1 aromatic heterocycles. The van der Waals surface area contributed by atoms with Crippen LogP contribution in [-0.4, -0.2) is 5.10 Å². The molecule has 0 N–H and O–H groups in total. The second-order valence-electron chi connectivity index (χ2n) is 2.67. The van der Waals surface area contributed by atoms with Crippen LogP contribution in [-0.2, 0) is 12.8 Å². The first kappa shape index (κ1) is 6.85. The van der Waals surface area contributed by atoms with Crippen LogP contribution in [0.5, 0.6) is 0 Å². The van der Waals surface area contributed by atoms with E-state index < -0.39 is 0 Å². The fraction of sp³-hybridized carbons (Fsp3) is 0.429. The van der Waals surface area contributed by atoms with Crippen LogP contribution in [0.25, 0.3) is 0 Å². The van der Waals surface area contributed by atoms with Crippen LogP contribution >= 0.6 is 11.6 Å². The maximum atomic E-state index is 11.1. The highest BCUT2D eigenvalue weighted by atomic mass is 35.5. The van der Waals surface area contributed by atoms with Gasteiger partial charge in [0.05, 0.1) is 0 Å². The summed E-state index contributed by atoms with van der Waals surface area (Å²) < 4.78 is 0. The topological polar surface area (TPSA) is 39.8 Å². The summed E-state index contributed by atoms with van der Waals surface area (Å²) in [6.07, 6.45) is 2.84. The minimum absolute atomic E-state index is 0.292. The molecular weight excluding hydrogens is 164 g/mol. The lowest BCUT2D eigenvalue weighted by Gasteiger charge is -1.98. The van der Waals surface area contributed by atoms with Crippen molar-refractivity contribution in [1.29, 1.82) is 0 Å². The van der Waals surface area contributed by atoms with Crippen molar-refractivity contribution in [3.05, 3.63) is 27.7 Å². The van der Waals surface area contributed by atoms with E-state index in [-0.39, 0.29) is 0 Å². The fourth-order valence-electron chi connectivity index (χ4n) is 1.44. The second kappa shape index (κ2) is 2.34. The van der Waals surface area contributed by atoms with Crippen LogP contribution in [0.1, 0.15) is 17.7 Å². The minimum Gasteiger partial charge on any atom is -0.594 e. The van der Waals surface area contributed by atoms with Crippen molar-refractivity contribution in [3.8, 4) is 0 Å². The van der Waals surface area contributed by atoms with Crippen molar-refractivity contribution in [2.45, 2.75) is 19.3 Å². The molecule has 0 amide bonds. The third kappa shape index (κ3) is 1.05. The summed E-state index contributed by atoms with van der Waals surface area (Å²) in [6.45, 7) is 0. The van der Waals surface area contributed by atoms with Gasteiger partial charge < -0.3 is 5.21 Å². The molecule has 1 heterocycles. The maximum Gasteiger partial charge on any atom is 0.225 e. The Morgan fingerprint density at radius 2 is 2.36 bits per heavy atom. The van der Waals surface area contributed by atoms with E-state index in [1.54, 1.807) is 6.07 Å². The van der Waals surface area contributed by atoms with Crippen LogP contribution in [0.4, 0.5) is 0 Å². The molecule has 1 aliphatic carbocycles. The lowest BCUT2D eigenvalue weighted by atomic mass is 10.2. The number of hydrogen-bond donors (Lipinski definition) is 0. The molecule has 4 heteroatoms. The molecule has 2 rings (SSSR count). The molecule has 11 heavy (non-hydrogen) atoms. The van der Waals surface area contributed by atoms with Gasteiger partial charge in [0.1, 0.15) is 0 Å². The Morgan fingerprint density at radius 3 is 3.18 bits per heavy atom. The molecule has 1 aliphatic rings. The number of fused-ring (bicyclic) bond motifs is 1. The van der Waals surface area contributed by atoms with E-state index in [9.17, 15) is 5.21 Å². The molecular formula is C7H7ClN2O. The summed E-state index contributed by atoms with van der Waals surface area (Å²) in [4.78, 5) is 0.644. The van der Waals surface area contributed by atoms with Gasteiger partial charge in [-0.1, -0.05) is 16.4 Å². The molecule has 0 bridgehead atoms. The quantitative estimate of drug-likeness (QED) is 0.428. The van der Waals surface area contributed by atoms with Gasteiger partial charge in [-0.05, 0) is 18.9 Å². The highest BCUT2D eigenvalue weighted by molar-refractivity contribution is 6.29. The lowest BCUT2D eigenvalue weighted by Crippen LogP contribution is -2.36. The monoisotopic (exact) mass is 170 g/mol. The summed E-state index contributed by atoms with van der Waals surface area (Å²) in [7, 11) is 0. The van der Waals surface area contributed by atoms with E-state index in [2.05, 4.69) is 5.10 Å². The number of hydrogen-bond acceptors (Lipinski definition) is 2. The van der Waals surface area contributed by atoms with E-state index in [4.69, 9.17) is 11.6 Å². The molecule has 0 unspecified atom stereocenters. The summed E-state index contributed by atoms with van der Waals surface area (Å²) >= 11 is 5.60. The third-order valence-electron chi connectivity index (χ3n) is 1.94. The first-order chi connectivity index (χ1) is 5.27. The highest BCUT2D eigenvalue weighted by Gasteiger charge is 2.21. The molecule has 0 saturated carbocycles. The van der Waals surface area contributed by atoms with Gasteiger partial charge in [-0.25, -0.2) is 0 Å². The summed E-state index contributed by atoms with van der Waals surface area (Å²) in [5.74, 6) is 0. The van der Waals surface area contributed by atoms with E-state index in [0.717, 1.165) is 30.5 Å². The minimum atomic E-state index is 0.292. The van der Waals surface area contributed by atoms with Crippen molar-refractivity contribution in [3.63, 3.8) is 0 Å². The molecule has 0 saturated heterocycles. The number of nitrogens with zero attached hydrogens (tertiary/aromatic N) is 2. The van der Waals surface area contributed by atoms with Crippen molar-refractivity contribution in [1.82, 2.24) is 5.10 Å². The van der Waals surface area contributed by atoms with Crippen LogP contribution in [0.15, 0.2) is 6.07 Å². The molecule has 58 valence electrons. The van der Waals surface area contributed by atoms with E-state index in [1.807, 2.05) is 0 Å². The summed E-state index contributed by atoms with van der Waals surface area (Å²) in [5.41, 5.74) is 1.84. The Labute approximate surface area is 69.2 Å². The molecule has 0 aromatic carbocycles. The smallest absolute Gasteiger partial charge is 0.225 e. The Balaban J connectivity index is 2.60. The Hall–Kier alpha value is -0.830. The standard InChI is InChI=1S/C7H7ClN2O/c8-7-4-5-2-1-3-6(5)10(11)9-7/h4H,1-3H2. The number of aromatic nitrogens is 2. The zero-order valence-corrected chi connectivity index (χ0v) is 6.64. The number of halogens is 1. The SMILES string of the molecule is [O-][n+]1nc(Cl)cc2c1CCC2. The van der Waals surface area contributed by atoms with Crippen LogP contribution in [0, 0.1) is 5.21 Å². The van der Waals surface area contributed by atoms with Crippen molar-refractivity contribution in [2.24, 2.45) is 0 Å². The van der Waals surface area contributed by atoms with Crippen LogP contribution in [0.3, 0.4) is 0 Å². The van der Waals surface area contributed by atoms with Crippen molar-refractivity contribution < 1.29 is 4.85 Å². The zero-order chi connectivity index (χ0) is 7.84. The molecule has 0 fully saturated rings. The van der Waals surface area contributed by atoms with Gasteiger partial charge in [0.25, 0.3) is 0 Å². The average molecular weight is 171 g/mol. The summed E-state index contributed by atoms with van der Waals surface area (Å²) in [5, 5.41) is 14.9. The fourth-order valence-corrected chi connectivity index (χ4v) is 1.65. The third-order valence-corrected chi connectivity index (χ3v) is 2.13. The van der Waals surface area contributed by atoms with Gasteiger partial charge in [-0.3, -0.25) is 0 Å². The molecule has 0 aliphatic heterocycles. The van der Waals surface area contributed by atoms with Gasteiger partial charge in [-0.15, -0.1) is 0 Å². The van der Waals surface area contributed by atoms with Gasteiger partial charge in [0, 0.05) is 17.1 Å².